The van der Waals surface area contributed by atoms with E-state index in [1.807, 2.05) is 13.8 Å². The largest absolute Gasteiger partial charge is 0.380 e. The van der Waals surface area contributed by atoms with Gasteiger partial charge in [0.2, 0.25) is 0 Å². The summed E-state index contributed by atoms with van der Waals surface area (Å²) in [5, 5.41) is 5.46. The van der Waals surface area contributed by atoms with Crippen LogP contribution in [0.5, 0.6) is 0 Å². The summed E-state index contributed by atoms with van der Waals surface area (Å²) < 4.78 is 5.15. The van der Waals surface area contributed by atoms with E-state index in [0.717, 1.165) is 6.42 Å². The predicted octanol–water partition coefficient (Wildman–Crippen LogP) is 0.0594. The molecule has 0 unspecified atom stereocenters. The van der Waals surface area contributed by atoms with Crippen molar-refractivity contribution in [2.45, 2.75) is 26.3 Å². The van der Waals surface area contributed by atoms with Crippen molar-refractivity contribution >= 4 is 6.03 Å². The van der Waals surface area contributed by atoms with Crippen LogP contribution in [0, 0.1) is 0 Å². The van der Waals surface area contributed by atoms with Crippen molar-refractivity contribution in [2.75, 3.05) is 26.3 Å². The Morgan fingerprint density at radius 1 is 1.43 bits per heavy atom. The third-order valence-corrected chi connectivity index (χ3v) is 1.43. The van der Waals surface area contributed by atoms with E-state index in [9.17, 15) is 4.79 Å². The Bertz CT molecular complexity index is 151. The second-order valence-electron chi connectivity index (χ2n) is 3.31. The zero-order valence-electron chi connectivity index (χ0n) is 9.01. The summed E-state index contributed by atoms with van der Waals surface area (Å²) in [7, 11) is 0. The lowest BCUT2D eigenvalue weighted by molar-refractivity contribution is 0.139. The van der Waals surface area contributed by atoms with Crippen LogP contribution < -0.4 is 16.4 Å². The highest BCUT2D eigenvalue weighted by Gasteiger charge is 2.00. The number of amides is 2. The SMILES string of the molecule is CC(C)NC(=O)NCCCOCCN. The molecule has 0 aromatic heterocycles. The number of carbonyl (C=O) groups is 1. The van der Waals surface area contributed by atoms with Crippen LogP contribution in [-0.2, 0) is 4.74 Å². The van der Waals surface area contributed by atoms with Gasteiger partial charge in [0.1, 0.15) is 0 Å². The second-order valence-corrected chi connectivity index (χ2v) is 3.31. The number of urea groups is 1. The van der Waals surface area contributed by atoms with E-state index in [4.69, 9.17) is 10.5 Å². The molecule has 2 amide bonds. The first kappa shape index (κ1) is 13.2. The van der Waals surface area contributed by atoms with Gasteiger partial charge >= 0.3 is 6.03 Å². The molecule has 84 valence electrons. The third kappa shape index (κ3) is 9.28. The molecule has 0 saturated heterocycles. The fourth-order valence-corrected chi connectivity index (χ4v) is 0.875. The maximum absolute atomic E-state index is 11.1. The van der Waals surface area contributed by atoms with Crippen LogP contribution >= 0.6 is 0 Å². The summed E-state index contributed by atoms with van der Waals surface area (Å²) in [5.74, 6) is 0. The molecule has 0 rings (SSSR count). The van der Waals surface area contributed by atoms with Crippen LogP contribution in [0.2, 0.25) is 0 Å². The third-order valence-electron chi connectivity index (χ3n) is 1.43. The van der Waals surface area contributed by atoms with Gasteiger partial charge in [-0.3, -0.25) is 0 Å². The Kier molecular flexibility index (Phi) is 8.27. The second kappa shape index (κ2) is 8.77. The zero-order chi connectivity index (χ0) is 10.8. The normalized spacial score (nSPS) is 10.3. The molecular formula is C9H21N3O2. The Labute approximate surface area is 85.4 Å². The quantitative estimate of drug-likeness (QED) is 0.512. The molecule has 0 aromatic rings. The first-order valence-electron chi connectivity index (χ1n) is 4.99. The van der Waals surface area contributed by atoms with Gasteiger partial charge in [-0.2, -0.15) is 0 Å². The maximum Gasteiger partial charge on any atom is 0.314 e. The molecule has 14 heavy (non-hydrogen) atoms. The van der Waals surface area contributed by atoms with E-state index >= 15 is 0 Å². The van der Waals surface area contributed by atoms with E-state index in [1.165, 1.54) is 0 Å². The minimum Gasteiger partial charge on any atom is -0.380 e. The van der Waals surface area contributed by atoms with E-state index in [-0.39, 0.29) is 12.1 Å². The topological polar surface area (TPSA) is 76.4 Å². The molecule has 0 spiro atoms. The van der Waals surface area contributed by atoms with E-state index in [0.29, 0.717) is 26.3 Å². The highest BCUT2D eigenvalue weighted by molar-refractivity contribution is 5.73. The summed E-state index contributed by atoms with van der Waals surface area (Å²) in [5.41, 5.74) is 5.24. The summed E-state index contributed by atoms with van der Waals surface area (Å²) in [6.45, 7) is 6.23. The smallest absolute Gasteiger partial charge is 0.314 e. The summed E-state index contributed by atoms with van der Waals surface area (Å²) in [6, 6.07) is 0.0438. The standard InChI is InChI=1S/C9H21N3O2/c1-8(2)12-9(13)11-5-3-6-14-7-4-10/h8H,3-7,10H2,1-2H3,(H2,11,12,13). The Balaban J connectivity index is 3.15. The zero-order valence-corrected chi connectivity index (χ0v) is 9.01. The number of hydrogen-bond donors (Lipinski definition) is 3. The Morgan fingerprint density at radius 3 is 2.71 bits per heavy atom. The fourth-order valence-electron chi connectivity index (χ4n) is 0.875. The van der Waals surface area contributed by atoms with E-state index in [2.05, 4.69) is 10.6 Å². The van der Waals surface area contributed by atoms with Gasteiger partial charge in [0.15, 0.2) is 0 Å². The van der Waals surface area contributed by atoms with Gasteiger partial charge in [-0.05, 0) is 20.3 Å². The van der Waals surface area contributed by atoms with Crippen LogP contribution in [-0.4, -0.2) is 38.4 Å². The minimum absolute atomic E-state index is 0.126. The van der Waals surface area contributed by atoms with Gasteiger partial charge in [-0.25, -0.2) is 4.79 Å². The average molecular weight is 203 g/mol. The summed E-state index contributed by atoms with van der Waals surface area (Å²) in [4.78, 5) is 11.1. The van der Waals surface area contributed by atoms with Crippen molar-refractivity contribution in [3.05, 3.63) is 0 Å². The van der Waals surface area contributed by atoms with Gasteiger partial charge in [0, 0.05) is 25.7 Å². The van der Waals surface area contributed by atoms with E-state index < -0.39 is 0 Å². The van der Waals surface area contributed by atoms with Crippen molar-refractivity contribution < 1.29 is 9.53 Å². The number of ether oxygens (including phenoxy) is 1. The molecule has 0 bridgehead atoms. The lowest BCUT2D eigenvalue weighted by atomic mass is 10.4. The lowest BCUT2D eigenvalue weighted by Crippen LogP contribution is -2.40. The number of hydrogen-bond acceptors (Lipinski definition) is 3. The summed E-state index contributed by atoms with van der Waals surface area (Å²) >= 11 is 0. The van der Waals surface area contributed by atoms with Crippen molar-refractivity contribution in [1.29, 1.82) is 0 Å². The molecular weight excluding hydrogens is 182 g/mol. The molecule has 0 heterocycles. The monoisotopic (exact) mass is 203 g/mol. The van der Waals surface area contributed by atoms with Crippen LogP contribution in [0.3, 0.4) is 0 Å². The fraction of sp³-hybridized carbons (Fsp3) is 0.889. The van der Waals surface area contributed by atoms with Gasteiger partial charge in [0.25, 0.3) is 0 Å². The summed E-state index contributed by atoms with van der Waals surface area (Å²) in [6.07, 6.45) is 0.811. The average Bonchev–Trinajstić information content (AvgIpc) is 2.10. The molecule has 0 aliphatic rings. The van der Waals surface area contributed by atoms with Gasteiger partial charge in [-0.15, -0.1) is 0 Å². The Hall–Kier alpha value is -0.810. The number of carbonyl (C=O) groups excluding carboxylic acids is 1. The number of nitrogens with one attached hydrogen (secondary N) is 2. The first-order valence-corrected chi connectivity index (χ1v) is 4.99. The lowest BCUT2D eigenvalue weighted by Gasteiger charge is -2.09. The molecule has 0 aliphatic heterocycles. The first-order chi connectivity index (χ1) is 6.66. The van der Waals surface area contributed by atoms with Crippen molar-refractivity contribution in [3.63, 3.8) is 0 Å². The van der Waals surface area contributed by atoms with Crippen LogP contribution in [0.4, 0.5) is 4.79 Å². The maximum atomic E-state index is 11.1. The molecule has 0 radical (unpaired) electrons. The highest BCUT2D eigenvalue weighted by Crippen LogP contribution is 1.81. The highest BCUT2D eigenvalue weighted by atomic mass is 16.5. The van der Waals surface area contributed by atoms with Crippen LogP contribution in [0.15, 0.2) is 0 Å². The number of rotatable bonds is 7. The minimum atomic E-state index is -0.126. The molecule has 0 saturated carbocycles. The van der Waals surface area contributed by atoms with Crippen LogP contribution in [0.25, 0.3) is 0 Å². The molecule has 0 fully saturated rings. The van der Waals surface area contributed by atoms with Gasteiger partial charge in [-0.1, -0.05) is 0 Å². The van der Waals surface area contributed by atoms with Crippen molar-refractivity contribution in [2.24, 2.45) is 5.73 Å². The van der Waals surface area contributed by atoms with Gasteiger partial charge in [0.05, 0.1) is 6.61 Å². The molecule has 0 aliphatic carbocycles. The molecule has 4 N–H and O–H groups in total. The van der Waals surface area contributed by atoms with Crippen molar-refractivity contribution in [1.82, 2.24) is 10.6 Å². The number of nitrogens with two attached hydrogens (primary N) is 1. The molecule has 5 nitrogen and oxygen atoms in total. The molecule has 0 aromatic carbocycles. The predicted molar refractivity (Wildman–Crippen MR) is 56.2 cm³/mol. The van der Waals surface area contributed by atoms with Crippen molar-refractivity contribution in [3.8, 4) is 0 Å². The Morgan fingerprint density at radius 2 is 2.14 bits per heavy atom. The molecule has 5 heteroatoms. The van der Waals surface area contributed by atoms with Crippen LogP contribution in [0.1, 0.15) is 20.3 Å². The van der Waals surface area contributed by atoms with Gasteiger partial charge < -0.3 is 21.1 Å². The molecule has 0 atom stereocenters. The van der Waals surface area contributed by atoms with E-state index in [1.54, 1.807) is 0 Å².